The Balaban J connectivity index is 2.95. The Morgan fingerprint density at radius 1 is 1.54 bits per heavy atom. The summed E-state index contributed by atoms with van der Waals surface area (Å²) in [4.78, 5) is 11.1. The zero-order valence-electron chi connectivity index (χ0n) is 7.05. The molecule has 0 aliphatic heterocycles. The van der Waals surface area contributed by atoms with Gasteiger partial charge in [0.05, 0.1) is 0 Å². The molecule has 0 bridgehead atoms. The van der Waals surface area contributed by atoms with Gasteiger partial charge in [-0.05, 0) is 6.07 Å². The van der Waals surface area contributed by atoms with E-state index < -0.39 is 17.1 Å². The highest BCUT2D eigenvalue weighted by atomic mass is 35.5. The van der Waals surface area contributed by atoms with Gasteiger partial charge >= 0.3 is 0 Å². The highest BCUT2D eigenvalue weighted by Gasteiger charge is 2.18. The average molecular weight is 202 g/mol. The Kier molecular flexibility index (Phi) is 3.25. The zero-order valence-corrected chi connectivity index (χ0v) is 7.81. The number of carbonyl (C=O) groups excluding carboxylic acids is 1. The topological polar surface area (TPSA) is 29.1 Å². The molecule has 0 aliphatic rings. The number of likely N-dealkylation sites (N-methyl/N-ethyl adjacent to an activating group) is 1. The normalized spacial score (nSPS) is 12.2. The quantitative estimate of drug-likeness (QED) is 0.727. The van der Waals surface area contributed by atoms with E-state index in [0.29, 0.717) is 0 Å². The standard InChI is InChI=1S/C9H9ClFNO/c1-12-9(13)8(10)6-4-2-3-5-7(6)11/h2-5,8H,1H3,(H,12,13). The van der Waals surface area contributed by atoms with Gasteiger partial charge in [0.2, 0.25) is 5.91 Å². The zero-order chi connectivity index (χ0) is 9.84. The molecule has 1 N–H and O–H groups in total. The first-order valence-corrected chi connectivity index (χ1v) is 4.20. The van der Waals surface area contributed by atoms with Crippen molar-refractivity contribution in [1.29, 1.82) is 0 Å². The van der Waals surface area contributed by atoms with E-state index in [1.807, 2.05) is 0 Å². The lowest BCUT2D eigenvalue weighted by Crippen LogP contribution is -2.23. The predicted molar refractivity (Wildman–Crippen MR) is 49.1 cm³/mol. The summed E-state index contributed by atoms with van der Waals surface area (Å²) in [6, 6.07) is 5.94. The van der Waals surface area contributed by atoms with E-state index in [0.717, 1.165) is 0 Å². The molecule has 1 aromatic carbocycles. The number of hydrogen-bond acceptors (Lipinski definition) is 1. The molecule has 0 fully saturated rings. The molecule has 4 heteroatoms. The number of carbonyl (C=O) groups is 1. The largest absolute Gasteiger partial charge is 0.358 e. The number of nitrogens with one attached hydrogen (secondary N) is 1. The second-order valence-corrected chi connectivity index (χ2v) is 2.93. The molecule has 1 atom stereocenters. The third-order valence-corrected chi connectivity index (χ3v) is 2.09. The van der Waals surface area contributed by atoms with Crippen molar-refractivity contribution in [3.63, 3.8) is 0 Å². The van der Waals surface area contributed by atoms with Crippen molar-refractivity contribution in [1.82, 2.24) is 5.32 Å². The molecule has 70 valence electrons. The van der Waals surface area contributed by atoms with E-state index in [9.17, 15) is 9.18 Å². The minimum absolute atomic E-state index is 0.198. The Hall–Kier alpha value is -1.09. The Morgan fingerprint density at radius 3 is 2.69 bits per heavy atom. The van der Waals surface area contributed by atoms with E-state index >= 15 is 0 Å². The van der Waals surface area contributed by atoms with Crippen LogP contribution in [0.25, 0.3) is 0 Å². The minimum atomic E-state index is -0.966. The SMILES string of the molecule is CNC(=O)C(Cl)c1ccccc1F. The number of rotatable bonds is 2. The Labute approximate surface area is 80.7 Å². The van der Waals surface area contributed by atoms with Crippen LogP contribution in [0.2, 0.25) is 0 Å². The lowest BCUT2D eigenvalue weighted by Gasteiger charge is -2.08. The molecule has 1 aromatic rings. The van der Waals surface area contributed by atoms with Crippen LogP contribution >= 0.6 is 11.6 Å². The molecule has 0 aromatic heterocycles. The van der Waals surface area contributed by atoms with Gasteiger partial charge in [-0.1, -0.05) is 18.2 Å². The van der Waals surface area contributed by atoms with E-state index in [1.54, 1.807) is 12.1 Å². The monoisotopic (exact) mass is 201 g/mol. The smallest absolute Gasteiger partial charge is 0.242 e. The highest BCUT2D eigenvalue weighted by Crippen LogP contribution is 2.22. The third kappa shape index (κ3) is 2.18. The molecule has 0 heterocycles. The van der Waals surface area contributed by atoms with Crippen molar-refractivity contribution in [3.8, 4) is 0 Å². The number of amides is 1. The minimum Gasteiger partial charge on any atom is -0.358 e. The van der Waals surface area contributed by atoms with Gasteiger partial charge in [0, 0.05) is 12.6 Å². The summed E-state index contributed by atoms with van der Waals surface area (Å²) in [6.45, 7) is 0. The number of alkyl halides is 1. The van der Waals surface area contributed by atoms with Crippen molar-refractivity contribution in [2.24, 2.45) is 0 Å². The Morgan fingerprint density at radius 2 is 2.15 bits per heavy atom. The van der Waals surface area contributed by atoms with Crippen LogP contribution in [0.15, 0.2) is 24.3 Å². The highest BCUT2D eigenvalue weighted by molar-refractivity contribution is 6.30. The van der Waals surface area contributed by atoms with Crippen molar-refractivity contribution in [2.75, 3.05) is 7.05 Å². The summed E-state index contributed by atoms with van der Waals surface area (Å²) >= 11 is 5.71. The van der Waals surface area contributed by atoms with E-state index in [-0.39, 0.29) is 5.56 Å². The maximum Gasteiger partial charge on any atom is 0.242 e. The summed E-state index contributed by atoms with van der Waals surface area (Å²) in [7, 11) is 1.46. The number of hydrogen-bond donors (Lipinski definition) is 1. The van der Waals surface area contributed by atoms with Gasteiger partial charge in [0.15, 0.2) is 0 Å². The van der Waals surface area contributed by atoms with Gasteiger partial charge in [-0.15, -0.1) is 11.6 Å². The lowest BCUT2D eigenvalue weighted by molar-refractivity contribution is -0.120. The fourth-order valence-electron chi connectivity index (χ4n) is 0.949. The summed E-state index contributed by atoms with van der Waals surface area (Å²) in [6.07, 6.45) is 0. The molecule has 0 aliphatic carbocycles. The van der Waals surface area contributed by atoms with Gasteiger partial charge in [-0.3, -0.25) is 4.79 Å². The van der Waals surface area contributed by atoms with Crippen molar-refractivity contribution in [3.05, 3.63) is 35.6 Å². The molecule has 0 saturated heterocycles. The van der Waals surface area contributed by atoms with E-state index in [1.165, 1.54) is 19.2 Å². The predicted octanol–water partition coefficient (Wildman–Crippen LogP) is 1.85. The average Bonchev–Trinajstić information content (AvgIpc) is 2.16. The summed E-state index contributed by atoms with van der Waals surface area (Å²) in [5, 5.41) is 1.39. The van der Waals surface area contributed by atoms with Crippen LogP contribution in [0.5, 0.6) is 0 Å². The number of benzene rings is 1. The summed E-state index contributed by atoms with van der Waals surface area (Å²) in [5.41, 5.74) is 0.198. The molecular weight excluding hydrogens is 193 g/mol. The van der Waals surface area contributed by atoms with Crippen molar-refractivity contribution >= 4 is 17.5 Å². The molecule has 2 nitrogen and oxygen atoms in total. The summed E-state index contributed by atoms with van der Waals surface area (Å²) in [5.74, 6) is -0.877. The lowest BCUT2D eigenvalue weighted by atomic mass is 10.1. The second kappa shape index (κ2) is 4.23. The van der Waals surface area contributed by atoms with Crippen molar-refractivity contribution < 1.29 is 9.18 Å². The molecule has 1 amide bonds. The Bertz CT molecular complexity index is 316. The van der Waals surface area contributed by atoms with Crippen LogP contribution in [-0.4, -0.2) is 13.0 Å². The molecule has 1 unspecified atom stereocenters. The maximum atomic E-state index is 13.1. The van der Waals surface area contributed by atoms with Crippen LogP contribution < -0.4 is 5.32 Å². The van der Waals surface area contributed by atoms with Crippen LogP contribution in [0.3, 0.4) is 0 Å². The first-order chi connectivity index (χ1) is 6.16. The summed E-state index contributed by atoms with van der Waals surface area (Å²) < 4.78 is 13.1. The molecule has 13 heavy (non-hydrogen) atoms. The number of halogens is 2. The molecule has 0 radical (unpaired) electrons. The van der Waals surface area contributed by atoms with Gasteiger partial charge in [0.1, 0.15) is 11.2 Å². The van der Waals surface area contributed by atoms with Gasteiger partial charge in [-0.25, -0.2) is 4.39 Å². The van der Waals surface area contributed by atoms with Gasteiger partial charge in [0.25, 0.3) is 0 Å². The molecular formula is C9H9ClFNO. The second-order valence-electron chi connectivity index (χ2n) is 2.50. The van der Waals surface area contributed by atoms with Crippen LogP contribution in [0.1, 0.15) is 10.9 Å². The maximum absolute atomic E-state index is 13.1. The van der Waals surface area contributed by atoms with E-state index in [4.69, 9.17) is 11.6 Å². The van der Waals surface area contributed by atoms with Gasteiger partial charge < -0.3 is 5.32 Å². The third-order valence-electron chi connectivity index (χ3n) is 1.65. The first kappa shape index (κ1) is 9.99. The van der Waals surface area contributed by atoms with Crippen LogP contribution in [0.4, 0.5) is 4.39 Å². The molecule has 0 spiro atoms. The fraction of sp³-hybridized carbons (Fsp3) is 0.222. The molecule has 1 rings (SSSR count). The van der Waals surface area contributed by atoms with Gasteiger partial charge in [-0.2, -0.15) is 0 Å². The van der Waals surface area contributed by atoms with Crippen molar-refractivity contribution in [2.45, 2.75) is 5.38 Å². The van der Waals surface area contributed by atoms with E-state index in [2.05, 4.69) is 5.32 Å². The first-order valence-electron chi connectivity index (χ1n) is 3.77. The molecule has 0 saturated carbocycles. The van der Waals surface area contributed by atoms with Crippen LogP contribution in [0, 0.1) is 5.82 Å². The fourth-order valence-corrected chi connectivity index (χ4v) is 1.23. The van der Waals surface area contributed by atoms with Crippen LogP contribution in [-0.2, 0) is 4.79 Å².